The topological polar surface area (TPSA) is 55.8 Å². The summed E-state index contributed by atoms with van der Waals surface area (Å²) >= 11 is 0. The van der Waals surface area contributed by atoms with E-state index in [1.54, 1.807) is 0 Å². The van der Waals surface area contributed by atoms with Crippen LogP contribution in [0.15, 0.2) is 29.2 Å². The predicted octanol–water partition coefficient (Wildman–Crippen LogP) is 1.74. The van der Waals surface area contributed by atoms with Gasteiger partial charge < -0.3 is 9.47 Å². The van der Waals surface area contributed by atoms with Crippen molar-refractivity contribution in [3.63, 3.8) is 0 Å². The Morgan fingerprint density at radius 1 is 1.19 bits per heavy atom. The molecule has 1 aromatic carbocycles. The fourth-order valence-corrected chi connectivity index (χ4v) is 4.58. The lowest BCUT2D eigenvalue weighted by atomic mass is 10.0. The number of hydrogen-bond acceptors (Lipinski definition) is 4. The molecule has 0 N–H and O–H groups in total. The van der Waals surface area contributed by atoms with Crippen LogP contribution in [0.3, 0.4) is 0 Å². The summed E-state index contributed by atoms with van der Waals surface area (Å²) in [6.07, 6.45) is 1.90. The van der Waals surface area contributed by atoms with Gasteiger partial charge in [0.25, 0.3) is 0 Å². The molecule has 0 radical (unpaired) electrons. The van der Waals surface area contributed by atoms with Crippen molar-refractivity contribution in [1.29, 1.82) is 0 Å². The van der Waals surface area contributed by atoms with E-state index >= 15 is 0 Å². The third kappa shape index (κ3) is 2.96. The summed E-state index contributed by atoms with van der Waals surface area (Å²) in [7, 11) is -3.74. The monoisotopic (exact) mass is 315 g/mol. The van der Waals surface area contributed by atoms with Gasteiger partial charge in [0.15, 0.2) is 6.29 Å². The van der Waals surface area contributed by atoms with Crippen molar-refractivity contribution >= 4 is 10.0 Å². The molecule has 0 saturated carbocycles. The number of benzene rings is 1. The van der Waals surface area contributed by atoms with Gasteiger partial charge >= 0.3 is 0 Å². The molecular formula is C14H18FNO4S. The van der Waals surface area contributed by atoms with E-state index in [4.69, 9.17) is 9.47 Å². The summed E-state index contributed by atoms with van der Waals surface area (Å²) < 4.78 is 51.2. The van der Waals surface area contributed by atoms with Gasteiger partial charge in [0.1, 0.15) is 5.82 Å². The molecule has 0 aromatic heterocycles. The van der Waals surface area contributed by atoms with Gasteiger partial charge in [0.05, 0.1) is 24.2 Å². The van der Waals surface area contributed by atoms with Crippen molar-refractivity contribution in [2.24, 2.45) is 0 Å². The van der Waals surface area contributed by atoms with Crippen LogP contribution in [0.5, 0.6) is 0 Å². The summed E-state index contributed by atoms with van der Waals surface area (Å²) in [6.45, 7) is 1.37. The molecule has 0 aliphatic carbocycles. The van der Waals surface area contributed by atoms with E-state index in [1.165, 1.54) is 22.5 Å². The molecule has 5 nitrogen and oxygen atoms in total. The molecule has 2 aliphatic heterocycles. The standard InChI is InChI=1S/C14H18FNO4S/c15-11-4-3-5-12(10-11)21(17,18)16-7-2-1-6-13(16)14-19-8-9-20-14/h3-5,10,13-14H,1-2,6-9H2. The van der Waals surface area contributed by atoms with Crippen molar-refractivity contribution < 1.29 is 22.3 Å². The number of ether oxygens (including phenoxy) is 2. The first-order valence-electron chi connectivity index (χ1n) is 7.10. The number of hydrogen-bond donors (Lipinski definition) is 0. The Balaban J connectivity index is 1.91. The average Bonchev–Trinajstić information content (AvgIpc) is 3.01. The maximum atomic E-state index is 13.3. The van der Waals surface area contributed by atoms with Crippen LogP contribution >= 0.6 is 0 Å². The predicted molar refractivity (Wildman–Crippen MR) is 73.6 cm³/mol. The lowest BCUT2D eigenvalue weighted by Gasteiger charge is -2.36. The molecule has 116 valence electrons. The number of halogens is 1. The summed E-state index contributed by atoms with van der Waals surface area (Å²) in [4.78, 5) is -0.0209. The SMILES string of the molecule is O=S(=O)(c1cccc(F)c1)N1CCCCC1C1OCCO1. The van der Waals surface area contributed by atoms with Gasteiger partial charge in [0, 0.05) is 6.54 Å². The molecule has 2 fully saturated rings. The second kappa shape index (κ2) is 6.00. The highest BCUT2D eigenvalue weighted by molar-refractivity contribution is 7.89. The van der Waals surface area contributed by atoms with E-state index in [-0.39, 0.29) is 10.9 Å². The Bertz CT molecular complexity index is 601. The van der Waals surface area contributed by atoms with Crippen LogP contribution in [-0.2, 0) is 19.5 Å². The molecule has 2 saturated heterocycles. The van der Waals surface area contributed by atoms with Crippen LogP contribution in [0.2, 0.25) is 0 Å². The molecule has 2 heterocycles. The molecular weight excluding hydrogens is 297 g/mol. The zero-order chi connectivity index (χ0) is 14.9. The first kappa shape index (κ1) is 14.9. The van der Waals surface area contributed by atoms with Crippen molar-refractivity contribution in [2.75, 3.05) is 19.8 Å². The molecule has 1 unspecified atom stereocenters. The Hall–Kier alpha value is -1.02. The quantitative estimate of drug-likeness (QED) is 0.852. The maximum absolute atomic E-state index is 13.3. The van der Waals surface area contributed by atoms with Gasteiger partial charge in [-0.2, -0.15) is 4.31 Å². The molecule has 1 atom stereocenters. The fourth-order valence-electron chi connectivity index (χ4n) is 2.86. The number of piperidine rings is 1. The number of rotatable bonds is 3. The zero-order valence-electron chi connectivity index (χ0n) is 11.6. The molecule has 1 aromatic rings. The summed E-state index contributed by atoms with van der Waals surface area (Å²) in [6, 6.07) is 4.77. The molecule has 0 amide bonds. The Morgan fingerprint density at radius 3 is 2.67 bits per heavy atom. The normalized spacial score (nSPS) is 25.3. The van der Waals surface area contributed by atoms with Gasteiger partial charge in [-0.25, -0.2) is 12.8 Å². The van der Waals surface area contributed by atoms with Gasteiger partial charge in [-0.1, -0.05) is 12.5 Å². The summed E-state index contributed by atoms with van der Waals surface area (Å²) in [5, 5.41) is 0. The Labute approximate surface area is 123 Å². The third-order valence-corrected chi connectivity index (χ3v) is 5.78. The Kier molecular flexibility index (Phi) is 4.26. The van der Waals surface area contributed by atoms with Crippen LogP contribution in [0.1, 0.15) is 19.3 Å². The van der Waals surface area contributed by atoms with Gasteiger partial charge in [-0.15, -0.1) is 0 Å². The lowest BCUT2D eigenvalue weighted by molar-refractivity contribution is -0.0913. The van der Waals surface area contributed by atoms with Gasteiger partial charge in [-0.3, -0.25) is 0 Å². The second-order valence-corrected chi connectivity index (χ2v) is 7.14. The zero-order valence-corrected chi connectivity index (χ0v) is 12.4. The van der Waals surface area contributed by atoms with Crippen LogP contribution < -0.4 is 0 Å². The van der Waals surface area contributed by atoms with Crippen LogP contribution in [-0.4, -0.2) is 44.8 Å². The van der Waals surface area contributed by atoms with E-state index in [0.29, 0.717) is 26.2 Å². The number of sulfonamides is 1. The van der Waals surface area contributed by atoms with E-state index < -0.39 is 22.1 Å². The minimum Gasteiger partial charge on any atom is -0.349 e. The maximum Gasteiger partial charge on any atom is 0.243 e. The molecule has 2 aliphatic rings. The van der Waals surface area contributed by atoms with Crippen LogP contribution in [0, 0.1) is 5.82 Å². The van der Waals surface area contributed by atoms with Gasteiger partial charge in [-0.05, 0) is 31.0 Å². The van der Waals surface area contributed by atoms with Gasteiger partial charge in [0.2, 0.25) is 10.0 Å². The Morgan fingerprint density at radius 2 is 1.95 bits per heavy atom. The van der Waals surface area contributed by atoms with Crippen molar-refractivity contribution in [1.82, 2.24) is 4.31 Å². The average molecular weight is 315 g/mol. The largest absolute Gasteiger partial charge is 0.349 e. The minimum atomic E-state index is -3.74. The highest BCUT2D eigenvalue weighted by atomic mass is 32.2. The smallest absolute Gasteiger partial charge is 0.243 e. The fraction of sp³-hybridized carbons (Fsp3) is 0.571. The molecule has 0 bridgehead atoms. The molecule has 3 rings (SSSR count). The van der Waals surface area contributed by atoms with Crippen molar-refractivity contribution in [2.45, 2.75) is 36.5 Å². The van der Waals surface area contributed by atoms with E-state index in [9.17, 15) is 12.8 Å². The van der Waals surface area contributed by atoms with Crippen LogP contribution in [0.4, 0.5) is 4.39 Å². The molecule has 21 heavy (non-hydrogen) atoms. The van der Waals surface area contributed by atoms with Crippen molar-refractivity contribution in [3.8, 4) is 0 Å². The van der Waals surface area contributed by atoms with Crippen LogP contribution in [0.25, 0.3) is 0 Å². The highest BCUT2D eigenvalue weighted by Crippen LogP contribution is 2.29. The highest BCUT2D eigenvalue weighted by Gasteiger charge is 2.40. The minimum absolute atomic E-state index is 0.0209. The number of nitrogens with zero attached hydrogens (tertiary/aromatic N) is 1. The van der Waals surface area contributed by atoms with E-state index in [0.717, 1.165) is 18.9 Å². The molecule has 7 heteroatoms. The summed E-state index contributed by atoms with van der Waals surface area (Å²) in [5.74, 6) is -0.557. The lowest BCUT2D eigenvalue weighted by Crippen LogP contribution is -2.50. The van der Waals surface area contributed by atoms with Crippen molar-refractivity contribution in [3.05, 3.63) is 30.1 Å². The first-order chi connectivity index (χ1) is 10.1. The third-order valence-electron chi connectivity index (χ3n) is 3.86. The molecule has 0 spiro atoms. The summed E-state index contributed by atoms with van der Waals surface area (Å²) in [5.41, 5.74) is 0. The second-order valence-electron chi connectivity index (χ2n) is 5.25. The van der Waals surface area contributed by atoms with E-state index in [1.807, 2.05) is 0 Å². The first-order valence-corrected chi connectivity index (χ1v) is 8.54. The van der Waals surface area contributed by atoms with E-state index in [2.05, 4.69) is 0 Å².